The molecule has 0 aliphatic carbocycles. The molecule has 0 bridgehead atoms. The molecular weight excluding hydrogens is 310 g/mol. The second-order valence-corrected chi connectivity index (χ2v) is 6.22. The van der Waals surface area contributed by atoms with E-state index < -0.39 is 11.6 Å². The molecule has 1 fully saturated rings. The Kier molecular flexibility index (Phi) is 5.45. The van der Waals surface area contributed by atoms with Crippen LogP contribution >= 0.6 is 0 Å². The number of hydrogen-bond donors (Lipinski definition) is 1. The van der Waals surface area contributed by atoms with Crippen molar-refractivity contribution in [2.24, 2.45) is 4.99 Å². The van der Waals surface area contributed by atoms with Crippen LogP contribution in [0.4, 0.5) is 8.78 Å². The van der Waals surface area contributed by atoms with Gasteiger partial charge in [-0.15, -0.1) is 0 Å². The normalized spacial score (nSPS) is 21.7. The average molecular weight is 334 g/mol. The highest BCUT2D eigenvalue weighted by Crippen LogP contribution is 2.18. The zero-order valence-electron chi connectivity index (χ0n) is 14.0. The first kappa shape index (κ1) is 16.9. The molecule has 130 valence electrons. The topological polar surface area (TPSA) is 30.9 Å². The van der Waals surface area contributed by atoms with Gasteiger partial charge in [0.1, 0.15) is 11.6 Å². The maximum Gasteiger partial charge on any atom is 0.194 e. The molecule has 0 saturated carbocycles. The molecule has 3 rings (SSSR count). The molecule has 0 spiro atoms. The summed E-state index contributed by atoms with van der Waals surface area (Å²) in [6, 6.07) is 4.02. The Morgan fingerprint density at radius 1 is 1.29 bits per heavy atom. The summed E-state index contributed by atoms with van der Waals surface area (Å²) in [7, 11) is 0. The summed E-state index contributed by atoms with van der Waals surface area (Å²) in [4.78, 5) is 9.19. The van der Waals surface area contributed by atoms with Crippen LogP contribution in [0.3, 0.4) is 0 Å². The van der Waals surface area contributed by atoms with Crippen molar-refractivity contribution in [3.8, 4) is 0 Å². The van der Waals surface area contributed by atoms with Crippen LogP contribution in [-0.4, -0.2) is 54.5 Å². The molecule has 1 N–H and O–H groups in total. The van der Waals surface area contributed by atoms with Gasteiger partial charge in [-0.3, -0.25) is 4.90 Å². The maximum absolute atomic E-state index is 13.8. The molecular formula is C18H24F2N4. The molecule has 0 amide bonds. The van der Waals surface area contributed by atoms with Crippen molar-refractivity contribution in [2.45, 2.75) is 25.9 Å². The van der Waals surface area contributed by atoms with Gasteiger partial charge in [0.15, 0.2) is 5.96 Å². The molecule has 24 heavy (non-hydrogen) atoms. The molecule has 1 aromatic carbocycles. The van der Waals surface area contributed by atoms with E-state index in [0.29, 0.717) is 6.04 Å². The second-order valence-electron chi connectivity index (χ2n) is 6.22. The monoisotopic (exact) mass is 334 g/mol. The third-order valence-corrected chi connectivity index (χ3v) is 4.57. The zero-order chi connectivity index (χ0) is 16.9. The lowest BCUT2D eigenvalue weighted by atomic mass is 10.2. The van der Waals surface area contributed by atoms with E-state index in [1.165, 1.54) is 6.07 Å². The summed E-state index contributed by atoms with van der Waals surface area (Å²) >= 11 is 0. The highest BCUT2D eigenvalue weighted by molar-refractivity contribution is 5.80. The number of nitrogens with zero attached hydrogens (tertiary/aromatic N) is 3. The molecule has 4 nitrogen and oxygen atoms in total. The number of hydrogen-bond acceptors (Lipinski definition) is 2. The summed E-state index contributed by atoms with van der Waals surface area (Å²) in [6.45, 7) is 6.77. The van der Waals surface area contributed by atoms with Crippen LogP contribution in [0.15, 0.2) is 35.3 Å². The molecule has 2 aliphatic heterocycles. The Morgan fingerprint density at radius 2 is 2.08 bits per heavy atom. The van der Waals surface area contributed by atoms with Crippen molar-refractivity contribution in [1.82, 2.24) is 15.1 Å². The van der Waals surface area contributed by atoms with E-state index >= 15 is 0 Å². The van der Waals surface area contributed by atoms with Crippen molar-refractivity contribution in [2.75, 3.05) is 32.7 Å². The first-order chi connectivity index (χ1) is 11.7. The standard InChI is InChI=1S/C18H24F2N4/c1-2-21-18(22-12-14-11-15(19)5-6-17(14)20)24-10-7-16(13-24)23-8-3-4-9-23/h3-6,11,16H,2,7-10,12-13H2,1H3,(H,21,22). The molecule has 0 aromatic heterocycles. The molecule has 1 unspecified atom stereocenters. The number of halogens is 2. The molecule has 0 radical (unpaired) electrons. The van der Waals surface area contributed by atoms with Gasteiger partial charge in [0.25, 0.3) is 0 Å². The third kappa shape index (κ3) is 3.93. The molecule has 1 saturated heterocycles. The summed E-state index contributed by atoms with van der Waals surface area (Å²) in [5.74, 6) is -0.0800. The largest absolute Gasteiger partial charge is 0.357 e. The lowest BCUT2D eigenvalue weighted by molar-refractivity contribution is 0.259. The molecule has 1 aromatic rings. The van der Waals surface area contributed by atoms with E-state index in [-0.39, 0.29) is 12.1 Å². The Hall–Kier alpha value is -1.95. The number of guanidine groups is 1. The van der Waals surface area contributed by atoms with Crippen molar-refractivity contribution in [3.05, 3.63) is 47.5 Å². The van der Waals surface area contributed by atoms with Gasteiger partial charge in [-0.05, 0) is 31.5 Å². The zero-order valence-corrected chi connectivity index (χ0v) is 14.0. The number of benzene rings is 1. The molecule has 6 heteroatoms. The summed E-state index contributed by atoms with van der Waals surface area (Å²) in [5.41, 5.74) is 0.282. The van der Waals surface area contributed by atoms with Crippen LogP contribution in [0.5, 0.6) is 0 Å². The first-order valence-corrected chi connectivity index (χ1v) is 8.53. The van der Waals surface area contributed by atoms with Crippen molar-refractivity contribution >= 4 is 5.96 Å². The minimum absolute atomic E-state index is 0.137. The van der Waals surface area contributed by atoms with Gasteiger partial charge >= 0.3 is 0 Å². The van der Waals surface area contributed by atoms with Crippen LogP contribution in [0.2, 0.25) is 0 Å². The summed E-state index contributed by atoms with van der Waals surface area (Å²) < 4.78 is 27.1. The van der Waals surface area contributed by atoms with E-state index in [1.807, 2.05) is 6.92 Å². The van der Waals surface area contributed by atoms with Gasteiger partial charge in [-0.1, -0.05) is 12.2 Å². The minimum atomic E-state index is -0.436. The van der Waals surface area contributed by atoms with Gasteiger partial charge in [0.2, 0.25) is 0 Å². The number of rotatable bonds is 4. The predicted octanol–water partition coefficient (Wildman–Crippen LogP) is 2.38. The molecule has 2 heterocycles. The number of aliphatic imine (C=N–C) groups is 1. The lowest BCUT2D eigenvalue weighted by Gasteiger charge is -2.25. The average Bonchev–Trinajstić information content (AvgIpc) is 3.25. The second kappa shape index (κ2) is 7.75. The van der Waals surface area contributed by atoms with Gasteiger partial charge in [-0.2, -0.15) is 0 Å². The Balaban J connectivity index is 1.66. The van der Waals surface area contributed by atoms with Crippen molar-refractivity contribution < 1.29 is 8.78 Å². The van der Waals surface area contributed by atoms with E-state index in [4.69, 9.17) is 0 Å². The van der Waals surface area contributed by atoms with Gasteiger partial charge in [0.05, 0.1) is 6.54 Å². The minimum Gasteiger partial charge on any atom is -0.357 e. The predicted molar refractivity (Wildman–Crippen MR) is 91.9 cm³/mol. The molecule has 2 aliphatic rings. The van der Waals surface area contributed by atoms with E-state index in [1.54, 1.807) is 0 Å². The van der Waals surface area contributed by atoms with E-state index in [0.717, 1.165) is 57.2 Å². The SMILES string of the molecule is CCNC(=NCc1cc(F)ccc1F)N1CCC(N2CC=CC2)C1. The third-order valence-electron chi connectivity index (χ3n) is 4.57. The number of likely N-dealkylation sites (tertiary alicyclic amines) is 1. The first-order valence-electron chi connectivity index (χ1n) is 8.53. The summed E-state index contributed by atoms with van der Waals surface area (Å²) in [5, 5.41) is 3.27. The Morgan fingerprint density at radius 3 is 2.83 bits per heavy atom. The van der Waals surface area contributed by atoms with Crippen LogP contribution < -0.4 is 5.32 Å². The Labute approximate surface area is 141 Å². The van der Waals surface area contributed by atoms with Crippen molar-refractivity contribution in [3.63, 3.8) is 0 Å². The van der Waals surface area contributed by atoms with E-state index in [9.17, 15) is 8.78 Å². The summed E-state index contributed by atoms with van der Waals surface area (Å²) in [6.07, 6.45) is 5.50. The van der Waals surface area contributed by atoms with Crippen LogP contribution in [0.1, 0.15) is 18.9 Å². The highest BCUT2D eigenvalue weighted by atomic mass is 19.1. The fourth-order valence-corrected chi connectivity index (χ4v) is 3.28. The van der Waals surface area contributed by atoms with Crippen LogP contribution in [0, 0.1) is 11.6 Å². The number of nitrogens with one attached hydrogen (secondary N) is 1. The highest BCUT2D eigenvalue weighted by Gasteiger charge is 2.29. The maximum atomic E-state index is 13.8. The van der Waals surface area contributed by atoms with Gasteiger partial charge in [-0.25, -0.2) is 13.8 Å². The quantitative estimate of drug-likeness (QED) is 0.521. The smallest absolute Gasteiger partial charge is 0.194 e. The van der Waals surface area contributed by atoms with Crippen molar-refractivity contribution in [1.29, 1.82) is 0 Å². The van der Waals surface area contributed by atoms with E-state index in [2.05, 4.69) is 32.3 Å². The fourth-order valence-electron chi connectivity index (χ4n) is 3.28. The van der Waals surface area contributed by atoms with Gasteiger partial charge < -0.3 is 10.2 Å². The van der Waals surface area contributed by atoms with Crippen LogP contribution in [-0.2, 0) is 6.54 Å². The Bertz CT molecular complexity index is 621. The molecule has 1 atom stereocenters. The van der Waals surface area contributed by atoms with Crippen LogP contribution in [0.25, 0.3) is 0 Å². The fraction of sp³-hybridized carbons (Fsp3) is 0.500. The van der Waals surface area contributed by atoms with Gasteiger partial charge in [0, 0.05) is 44.3 Å². The lowest BCUT2D eigenvalue weighted by Crippen LogP contribution is -2.42.